The number of para-hydroxylation sites is 1. The first-order chi connectivity index (χ1) is 10.3. The van der Waals surface area contributed by atoms with Gasteiger partial charge in [0, 0.05) is 6.42 Å². The van der Waals surface area contributed by atoms with E-state index in [9.17, 15) is 4.79 Å². The molecule has 1 aliphatic carbocycles. The van der Waals surface area contributed by atoms with Crippen LogP contribution in [0.5, 0.6) is 5.75 Å². The van der Waals surface area contributed by atoms with Crippen LogP contribution in [0, 0.1) is 5.92 Å². The van der Waals surface area contributed by atoms with E-state index in [1.165, 1.54) is 38.5 Å². The van der Waals surface area contributed by atoms with Gasteiger partial charge >= 0.3 is 5.97 Å². The predicted molar refractivity (Wildman–Crippen MR) is 83.3 cm³/mol. The summed E-state index contributed by atoms with van der Waals surface area (Å²) in [5.74, 6) is 1.56. The molecule has 0 unspecified atom stereocenters. The van der Waals surface area contributed by atoms with Crippen molar-refractivity contribution in [1.29, 1.82) is 0 Å². The molecular weight excluding hydrogens is 264 g/mol. The molecule has 2 rings (SSSR count). The van der Waals surface area contributed by atoms with Crippen LogP contribution in [0.15, 0.2) is 30.3 Å². The van der Waals surface area contributed by atoms with Crippen molar-refractivity contribution < 1.29 is 14.3 Å². The summed E-state index contributed by atoms with van der Waals surface area (Å²) >= 11 is 0. The number of benzene rings is 1. The average molecular weight is 290 g/mol. The van der Waals surface area contributed by atoms with Crippen molar-refractivity contribution in [3.63, 3.8) is 0 Å². The minimum atomic E-state index is -0.0949. The number of hydrogen-bond donors (Lipinski definition) is 0. The molecule has 1 aliphatic rings. The summed E-state index contributed by atoms with van der Waals surface area (Å²) < 4.78 is 10.7. The Bertz CT molecular complexity index is 396. The summed E-state index contributed by atoms with van der Waals surface area (Å²) in [7, 11) is 0. The van der Waals surface area contributed by atoms with Crippen LogP contribution in [0.3, 0.4) is 0 Å². The van der Waals surface area contributed by atoms with Crippen LogP contribution in [-0.2, 0) is 9.53 Å². The van der Waals surface area contributed by atoms with Gasteiger partial charge in [-0.3, -0.25) is 4.79 Å². The molecule has 0 heterocycles. The van der Waals surface area contributed by atoms with Crippen LogP contribution in [0.4, 0.5) is 0 Å². The topological polar surface area (TPSA) is 35.5 Å². The van der Waals surface area contributed by atoms with E-state index in [-0.39, 0.29) is 5.97 Å². The molecule has 0 aromatic heterocycles. The second kappa shape index (κ2) is 9.43. The molecule has 1 fully saturated rings. The minimum absolute atomic E-state index is 0.0949. The van der Waals surface area contributed by atoms with E-state index in [0.29, 0.717) is 19.6 Å². The SMILES string of the molecule is O=C(CCCC1CCCCC1)OCCOc1ccccc1. The smallest absolute Gasteiger partial charge is 0.305 e. The fourth-order valence-electron chi connectivity index (χ4n) is 2.91. The minimum Gasteiger partial charge on any atom is -0.490 e. The molecule has 0 N–H and O–H groups in total. The Balaban J connectivity index is 1.47. The monoisotopic (exact) mass is 290 g/mol. The second-order valence-electron chi connectivity index (χ2n) is 5.78. The van der Waals surface area contributed by atoms with Crippen molar-refractivity contribution in [1.82, 2.24) is 0 Å². The summed E-state index contributed by atoms with van der Waals surface area (Å²) in [4.78, 5) is 11.6. The molecule has 1 saturated carbocycles. The Morgan fingerprint density at radius 3 is 2.57 bits per heavy atom. The maximum atomic E-state index is 11.6. The summed E-state index contributed by atoms with van der Waals surface area (Å²) in [5, 5.41) is 0. The molecule has 3 nitrogen and oxygen atoms in total. The average Bonchev–Trinajstić information content (AvgIpc) is 2.54. The Morgan fingerprint density at radius 2 is 1.81 bits per heavy atom. The van der Waals surface area contributed by atoms with Gasteiger partial charge < -0.3 is 9.47 Å². The van der Waals surface area contributed by atoms with Gasteiger partial charge in [0.1, 0.15) is 19.0 Å². The molecule has 116 valence electrons. The number of esters is 1. The van der Waals surface area contributed by atoms with Crippen molar-refractivity contribution in [2.75, 3.05) is 13.2 Å². The Labute approximate surface area is 127 Å². The lowest BCUT2D eigenvalue weighted by atomic mass is 9.86. The lowest BCUT2D eigenvalue weighted by Gasteiger charge is -2.20. The highest BCUT2D eigenvalue weighted by Gasteiger charge is 2.13. The van der Waals surface area contributed by atoms with E-state index in [1.54, 1.807) is 0 Å². The molecule has 0 atom stereocenters. The highest BCUT2D eigenvalue weighted by Crippen LogP contribution is 2.27. The van der Waals surface area contributed by atoms with Gasteiger partial charge in [-0.15, -0.1) is 0 Å². The third-order valence-corrected chi connectivity index (χ3v) is 4.08. The van der Waals surface area contributed by atoms with E-state index in [1.807, 2.05) is 30.3 Å². The van der Waals surface area contributed by atoms with Gasteiger partial charge in [-0.25, -0.2) is 0 Å². The van der Waals surface area contributed by atoms with Gasteiger partial charge in [0.2, 0.25) is 0 Å². The molecule has 0 aliphatic heterocycles. The Morgan fingerprint density at radius 1 is 1.05 bits per heavy atom. The number of hydrogen-bond acceptors (Lipinski definition) is 3. The summed E-state index contributed by atoms with van der Waals surface area (Å²) in [5.41, 5.74) is 0. The zero-order valence-electron chi connectivity index (χ0n) is 12.8. The molecule has 3 heteroatoms. The third-order valence-electron chi connectivity index (χ3n) is 4.08. The van der Waals surface area contributed by atoms with Gasteiger partial charge in [0.15, 0.2) is 0 Å². The van der Waals surface area contributed by atoms with Crippen LogP contribution < -0.4 is 4.74 Å². The normalized spacial score (nSPS) is 15.6. The first-order valence-electron chi connectivity index (χ1n) is 8.18. The second-order valence-corrected chi connectivity index (χ2v) is 5.78. The van der Waals surface area contributed by atoms with Crippen molar-refractivity contribution in [3.05, 3.63) is 30.3 Å². The van der Waals surface area contributed by atoms with E-state index in [4.69, 9.17) is 9.47 Å². The number of carbonyl (C=O) groups is 1. The van der Waals surface area contributed by atoms with E-state index in [0.717, 1.165) is 18.1 Å². The molecule has 0 bridgehead atoms. The molecular formula is C18H26O3. The van der Waals surface area contributed by atoms with Gasteiger partial charge in [0.25, 0.3) is 0 Å². The fraction of sp³-hybridized carbons (Fsp3) is 0.611. The standard InChI is InChI=1S/C18H26O3/c19-18(13-7-10-16-8-3-1-4-9-16)21-15-14-20-17-11-5-2-6-12-17/h2,5-6,11-12,16H,1,3-4,7-10,13-15H2. The van der Waals surface area contributed by atoms with E-state index < -0.39 is 0 Å². The fourth-order valence-corrected chi connectivity index (χ4v) is 2.91. The highest BCUT2D eigenvalue weighted by molar-refractivity contribution is 5.69. The van der Waals surface area contributed by atoms with Crippen molar-refractivity contribution >= 4 is 5.97 Å². The first-order valence-corrected chi connectivity index (χ1v) is 8.18. The van der Waals surface area contributed by atoms with Crippen molar-refractivity contribution in [2.45, 2.75) is 51.4 Å². The zero-order chi connectivity index (χ0) is 14.8. The summed E-state index contributed by atoms with van der Waals surface area (Å²) in [6.07, 6.45) is 9.50. The third kappa shape index (κ3) is 6.65. The van der Waals surface area contributed by atoms with Gasteiger partial charge in [-0.05, 0) is 30.9 Å². The lowest BCUT2D eigenvalue weighted by molar-refractivity contribution is -0.144. The van der Waals surface area contributed by atoms with Crippen LogP contribution >= 0.6 is 0 Å². The molecule has 1 aromatic carbocycles. The van der Waals surface area contributed by atoms with Crippen molar-refractivity contribution in [3.8, 4) is 5.75 Å². The predicted octanol–water partition coefficient (Wildman–Crippen LogP) is 4.36. The van der Waals surface area contributed by atoms with Crippen LogP contribution in [0.2, 0.25) is 0 Å². The molecule has 0 spiro atoms. The summed E-state index contributed by atoms with van der Waals surface area (Å²) in [6.45, 7) is 0.746. The largest absolute Gasteiger partial charge is 0.490 e. The zero-order valence-corrected chi connectivity index (χ0v) is 12.8. The Hall–Kier alpha value is -1.51. The maximum absolute atomic E-state index is 11.6. The van der Waals surface area contributed by atoms with Crippen LogP contribution in [0.25, 0.3) is 0 Å². The van der Waals surface area contributed by atoms with Gasteiger partial charge in [0.05, 0.1) is 0 Å². The molecule has 0 amide bonds. The van der Waals surface area contributed by atoms with Crippen molar-refractivity contribution in [2.24, 2.45) is 5.92 Å². The number of ether oxygens (including phenoxy) is 2. The van der Waals surface area contributed by atoms with Crippen LogP contribution in [0.1, 0.15) is 51.4 Å². The highest BCUT2D eigenvalue weighted by atomic mass is 16.6. The molecule has 0 saturated heterocycles. The van der Waals surface area contributed by atoms with Gasteiger partial charge in [-0.1, -0.05) is 50.3 Å². The summed E-state index contributed by atoms with van der Waals surface area (Å²) in [6, 6.07) is 9.58. The number of rotatable bonds is 8. The molecule has 21 heavy (non-hydrogen) atoms. The van der Waals surface area contributed by atoms with E-state index >= 15 is 0 Å². The molecule has 0 radical (unpaired) electrons. The number of carbonyl (C=O) groups excluding carboxylic acids is 1. The first kappa shape index (κ1) is 15.9. The quantitative estimate of drug-likeness (QED) is 0.527. The lowest BCUT2D eigenvalue weighted by Crippen LogP contribution is -2.13. The Kier molecular flexibility index (Phi) is 7.13. The maximum Gasteiger partial charge on any atom is 0.305 e. The molecule has 1 aromatic rings. The van der Waals surface area contributed by atoms with Gasteiger partial charge in [-0.2, -0.15) is 0 Å². The van der Waals surface area contributed by atoms with Crippen LogP contribution in [-0.4, -0.2) is 19.2 Å². The van der Waals surface area contributed by atoms with E-state index in [2.05, 4.69) is 0 Å².